The van der Waals surface area contributed by atoms with Crippen molar-refractivity contribution in [1.82, 2.24) is 20.1 Å². The molecule has 3 aromatic rings. The van der Waals surface area contributed by atoms with Crippen molar-refractivity contribution in [2.45, 2.75) is 6.54 Å². The number of carbonyl (C=O) groups excluding carboxylic acids is 1. The van der Waals surface area contributed by atoms with Gasteiger partial charge < -0.3 is 10.1 Å². The SMILES string of the molecule is COc1cccc(-c2cc(-c3cc4n(n3)CCNC4=O)ccn2)c1. The van der Waals surface area contributed by atoms with Gasteiger partial charge in [0, 0.05) is 23.9 Å². The molecule has 0 aliphatic carbocycles. The number of nitrogens with one attached hydrogen (secondary N) is 1. The minimum Gasteiger partial charge on any atom is -0.497 e. The standard InChI is InChI=1S/C18H16N4O2/c1-24-14-4-2-3-12(9-14)15-10-13(5-6-19-15)16-11-17-18(23)20-7-8-22(17)21-16/h2-6,9-11H,7-8H2,1H3,(H,20,23). The van der Waals surface area contributed by atoms with E-state index in [2.05, 4.69) is 15.4 Å². The van der Waals surface area contributed by atoms with E-state index in [-0.39, 0.29) is 5.91 Å². The average Bonchev–Trinajstić information content (AvgIpc) is 3.08. The van der Waals surface area contributed by atoms with Crippen LogP contribution in [0.15, 0.2) is 48.7 Å². The second-order valence-corrected chi connectivity index (χ2v) is 5.56. The molecule has 1 N–H and O–H groups in total. The van der Waals surface area contributed by atoms with E-state index in [1.54, 1.807) is 18.0 Å². The van der Waals surface area contributed by atoms with Crippen molar-refractivity contribution in [2.24, 2.45) is 0 Å². The van der Waals surface area contributed by atoms with E-state index >= 15 is 0 Å². The third kappa shape index (κ3) is 2.52. The van der Waals surface area contributed by atoms with Crippen molar-refractivity contribution in [3.8, 4) is 28.3 Å². The van der Waals surface area contributed by atoms with Gasteiger partial charge in [-0.15, -0.1) is 0 Å². The molecular formula is C18H16N4O2. The van der Waals surface area contributed by atoms with Crippen LogP contribution in [0, 0.1) is 0 Å². The zero-order valence-electron chi connectivity index (χ0n) is 13.2. The summed E-state index contributed by atoms with van der Waals surface area (Å²) in [5.74, 6) is 0.705. The molecule has 3 heterocycles. The van der Waals surface area contributed by atoms with Crippen molar-refractivity contribution in [1.29, 1.82) is 0 Å². The number of hydrogen-bond donors (Lipinski definition) is 1. The van der Waals surface area contributed by atoms with Crippen LogP contribution in [0.25, 0.3) is 22.5 Å². The van der Waals surface area contributed by atoms with Gasteiger partial charge in [0.1, 0.15) is 11.4 Å². The molecule has 0 atom stereocenters. The summed E-state index contributed by atoms with van der Waals surface area (Å²) in [4.78, 5) is 16.3. The Balaban J connectivity index is 1.74. The van der Waals surface area contributed by atoms with E-state index in [1.807, 2.05) is 42.5 Å². The lowest BCUT2D eigenvalue weighted by molar-refractivity contribution is 0.0924. The topological polar surface area (TPSA) is 69.0 Å². The lowest BCUT2D eigenvalue weighted by atomic mass is 10.1. The van der Waals surface area contributed by atoms with Crippen LogP contribution < -0.4 is 10.1 Å². The highest BCUT2D eigenvalue weighted by molar-refractivity contribution is 5.94. The van der Waals surface area contributed by atoms with Crippen LogP contribution in [-0.4, -0.2) is 34.3 Å². The Morgan fingerprint density at radius 1 is 1.12 bits per heavy atom. The Bertz CT molecular complexity index is 917. The highest BCUT2D eigenvalue weighted by Crippen LogP contribution is 2.27. The van der Waals surface area contributed by atoms with Crippen molar-refractivity contribution in [3.05, 3.63) is 54.4 Å². The van der Waals surface area contributed by atoms with Crippen LogP contribution in [0.3, 0.4) is 0 Å². The normalized spacial score (nSPS) is 13.3. The highest BCUT2D eigenvalue weighted by Gasteiger charge is 2.19. The van der Waals surface area contributed by atoms with Crippen LogP contribution in [0.5, 0.6) is 5.75 Å². The molecule has 4 rings (SSSR count). The summed E-state index contributed by atoms with van der Waals surface area (Å²) >= 11 is 0. The minimum absolute atomic E-state index is 0.0814. The van der Waals surface area contributed by atoms with E-state index in [9.17, 15) is 4.79 Å². The van der Waals surface area contributed by atoms with E-state index in [0.29, 0.717) is 18.8 Å². The molecule has 0 saturated carbocycles. The van der Waals surface area contributed by atoms with Crippen molar-refractivity contribution < 1.29 is 9.53 Å². The molecule has 0 saturated heterocycles. The van der Waals surface area contributed by atoms with Gasteiger partial charge in [-0.3, -0.25) is 14.5 Å². The first kappa shape index (κ1) is 14.4. The minimum atomic E-state index is -0.0814. The number of nitrogens with zero attached hydrogens (tertiary/aromatic N) is 3. The highest BCUT2D eigenvalue weighted by atomic mass is 16.5. The van der Waals surface area contributed by atoms with Crippen LogP contribution in [-0.2, 0) is 6.54 Å². The molecule has 6 nitrogen and oxygen atoms in total. The second-order valence-electron chi connectivity index (χ2n) is 5.56. The number of amides is 1. The summed E-state index contributed by atoms with van der Waals surface area (Å²) in [7, 11) is 1.64. The fraction of sp³-hybridized carbons (Fsp3) is 0.167. The fourth-order valence-electron chi connectivity index (χ4n) is 2.81. The summed E-state index contributed by atoms with van der Waals surface area (Å²) < 4.78 is 7.02. The maximum Gasteiger partial charge on any atom is 0.269 e. The number of ether oxygens (including phenoxy) is 1. The monoisotopic (exact) mass is 320 g/mol. The lowest BCUT2D eigenvalue weighted by Gasteiger charge is -2.13. The molecule has 0 bridgehead atoms. The van der Waals surface area contributed by atoms with E-state index < -0.39 is 0 Å². The number of benzene rings is 1. The molecule has 0 spiro atoms. The van der Waals surface area contributed by atoms with Gasteiger partial charge in [0.15, 0.2) is 0 Å². The number of hydrogen-bond acceptors (Lipinski definition) is 4. The van der Waals surface area contributed by atoms with E-state index in [4.69, 9.17) is 4.74 Å². The predicted octanol–water partition coefficient (Wildman–Crippen LogP) is 2.36. The van der Waals surface area contributed by atoms with Crippen molar-refractivity contribution in [2.75, 3.05) is 13.7 Å². The third-order valence-electron chi connectivity index (χ3n) is 4.04. The van der Waals surface area contributed by atoms with Gasteiger partial charge in [-0.25, -0.2) is 0 Å². The molecule has 1 aliphatic heterocycles. The van der Waals surface area contributed by atoms with E-state index in [0.717, 1.165) is 28.3 Å². The van der Waals surface area contributed by atoms with Gasteiger partial charge in [0.2, 0.25) is 0 Å². The molecule has 1 aromatic carbocycles. The number of rotatable bonds is 3. The Labute approximate surface area is 139 Å². The number of methoxy groups -OCH3 is 1. The molecule has 0 radical (unpaired) electrons. The maximum atomic E-state index is 11.9. The molecule has 1 aliphatic rings. The van der Waals surface area contributed by atoms with Gasteiger partial charge in [-0.05, 0) is 30.3 Å². The van der Waals surface area contributed by atoms with Crippen LogP contribution >= 0.6 is 0 Å². The number of aromatic nitrogens is 3. The summed E-state index contributed by atoms with van der Waals surface area (Å²) in [5, 5.41) is 7.37. The molecule has 0 fully saturated rings. The first-order valence-corrected chi connectivity index (χ1v) is 7.71. The first-order valence-electron chi connectivity index (χ1n) is 7.71. The van der Waals surface area contributed by atoms with Crippen LogP contribution in [0.1, 0.15) is 10.5 Å². The molecule has 120 valence electrons. The molecular weight excluding hydrogens is 304 g/mol. The summed E-state index contributed by atoms with van der Waals surface area (Å²) in [6.45, 7) is 1.30. The van der Waals surface area contributed by atoms with Gasteiger partial charge >= 0.3 is 0 Å². The third-order valence-corrected chi connectivity index (χ3v) is 4.04. The number of fused-ring (bicyclic) bond motifs is 1. The molecule has 6 heteroatoms. The van der Waals surface area contributed by atoms with Crippen LogP contribution in [0.2, 0.25) is 0 Å². The van der Waals surface area contributed by atoms with Gasteiger partial charge in [0.05, 0.1) is 25.0 Å². The zero-order chi connectivity index (χ0) is 16.5. The van der Waals surface area contributed by atoms with Gasteiger partial charge in [-0.1, -0.05) is 12.1 Å². The Morgan fingerprint density at radius 3 is 2.83 bits per heavy atom. The summed E-state index contributed by atoms with van der Waals surface area (Å²) in [6.07, 6.45) is 1.75. The average molecular weight is 320 g/mol. The summed E-state index contributed by atoms with van der Waals surface area (Å²) in [5.41, 5.74) is 4.10. The second kappa shape index (κ2) is 5.81. The van der Waals surface area contributed by atoms with Gasteiger partial charge in [0.25, 0.3) is 5.91 Å². The Hall–Kier alpha value is -3.15. The van der Waals surface area contributed by atoms with Crippen molar-refractivity contribution in [3.63, 3.8) is 0 Å². The quantitative estimate of drug-likeness (QED) is 0.804. The molecule has 1 amide bonds. The molecule has 24 heavy (non-hydrogen) atoms. The maximum absolute atomic E-state index is 11.9. The zero-order valence-corrected chi connectivity index (χ0v) is 13.2. The lowest BCUT2D eigenvalue weighted by Crippen LogP contribution is -2.35. The largest absolute Gasteiger partial charge is 0.497 e. The number of carbonyl (C=O) groups is 1. The molecule has 2 aromatic heterocycles. The predicted molar refractivity (Wildman–Crippen MR) is 89.8 cm³/mol. The van der Waals surface area contributed by atoms with Crippen LogP contribution in [0.4, 0.5) is 0 Å². The van der Waals surface area contributed by atoms with E-state index in [1.165, 1.54) is 0 Å². The Kier molecular flexibility index (Phi) is 3.49. The van der Waals surface area contributed by atoms with Gasteiger partial charge in [-0.2, -0.15) is 5.10 Å². The molecule has 0 unspecified atom stereocenters. The first-order chi connectivity index (χ1) is 11.7. The van der Waals surface area contributed by atoms with Crippen molar-refractivity contribution >= 4 is 5.91 Å². The smallest absolute Gasteiger partial charge is 0.269 e. The Morgan fingerprint density at radius 2 is 2.00 bits per heavy atom. The number of pyridine rings is 1. The summed E-state index contributed by atoms with van der Waals surface area (Å²) in [6, 6.07) is 13.5. The fourth-order valence-corrected chi connectivity index (χ4v) is 2.81.